The first-order valence-corrected chi connectivity index (χ1v) is 8.39. The summed E-state index contributed by atoms with van der Waals surface area (Å²) in [4.78, 5) is 0. The maximum absolute atomic E-state index is 3.67. The van der Waals surface area contributed by atoms with Crippen molar-refractivity contribution in [1.29, 1.82) is 0 Å². The Balaban J connectivity index is 2.21. The predicted molar refractivity (Wildman–Crippen MR) is 96.7 cm³/mol. The molecule has 0 radical (unpaired) electrons. The van der Waals surface area contributed by atoms with Gasteiger partial charge in [0, 0.05) is 8.95 Å². The minimum absolute atomic E-state index is 0.142. The largest absolute Gasteiger partial charge is 0.309 e. The quantitative estimate of drug-likeness (QED) is 0.592. The molecular formula is C18H15Br2N. The maximum atomic E-state index is 3.67. The minimum Gasteiger partial charge on any atom is -0.309 e. The predicted octanol–water partition coefficient (Wildman–Crippen LogP) is 5.67. The van der Waals surface area contributed by atoms with Crippen molar-refractivity contribution in [3.05, 3.63) is 80.7 Å². The van der Waals surface area contributed by atoms with Gasteiger partial charge in [0.25, 0.3) is 0 Å². The molecule has 1 unspecified atom stereocenters. The van der Waals surface area contributed by atoms with Crippen molar-refractivity contribution in [2.24, 2.45) is 0 Å². The molecule has 3 aromatic rings. The van der Waals surface area contributed by atoms with Crippen LogP contribution >= 0.6 is 31.9 Å². The number of hydrogen-bond donors (Lipinski definition) is 1. The highest BCUT2D eigenvalue weighted by Gasteiger charge is 2.17. The zero-order valence-electron chi connectivity index (χ0n) is 11.6. The second kappa shape index (κ2) is 6.30. The van der Waals surface area contributed by atoms with Gasteiger partial charge < -0.3 is 5.32 Å². The number of benzene rings is 3. The van der Waals surface area contributed by atoms with Gasteiger partial charge in [0.1, 0.15) is 0 Å². The summed E-state index contributed by atoms with van der Waals surface area (Å²) >= 11 is 7.24. The molecule has 0 aliphatic carbocycles. The van der Waals surface area contributed by atoms with Crippen molar-refractivity contribution in [2.45, 2.75) is 6.04 Å². The molecule has 0 saturated heterocycles. The Morgan fingerprint density at radius 1 is 0.857 bits per heavy atom. The van der Waals surface area contributed by atoms with Gasteiger partial charge in [0.2, 0.25) is 0 Å². The third-order valence-corrected chi connectivity index (χ3v) is 4.91. The summed E-state index contributed by atoms with van der Waals surface area (Å²) in [6, 6.07) is 21.4. The number of nitrogens with one attached hydrogen (secondary N) is 1. The summed E-state index contributed by atoms with van der Waals surface area (Å²) in [6.07, 6.45) is 0. The van der Waals surface area contributed by atoms with Crippen molar-refractivity contribution in [3.8, 4) is 0 Å². The molecule has 0 aromatic heterocycles. The van der Waals surface area contributed by atoms with Crippen LogP contribution in [0, 0.1) is 0 Å². The van der Waals surface area contributed by atoms with E-state index < -0.39 is 0 Å². The van der Waals surface area contributed by atoms with E-state index in [1.807, 2.05) is 13.1 Å². The van der Waals surface area contributed by atoms with E-state index in [-0.39, 0.29) is 6.04 Å². The van der Waals surface area contributed by atoms with Crippen LogP contribution in [0.4, 0.5) is 0 Å². The third kappa shape index (κ3) is 2.91. The molecule has 3 rings (SSSR count). The second-order valence-electron chi connectivity index (χ2n) is 4.96. The molecule has 0 aliphatic rings. The van der Waals surface area contributed by atoms with Crippen LogP contribution in [0.25, 0.3) is 10.8 Å². The first-order valence-electron chi connectivity index (χ1n) is 6.80. The smallest absolute Gasteiger partial charge is 0.0591 e. The number of halogens is 2. The Bertz CT molecular complexity index is 778. The Kier molecular flexibility index (Phi) is 4.43. The molecule has 0 aliphatic heterocycles. The van der Waals surface area contributed by atoms with Gasteiger partial charge in [-0.1, -0.05) is 74.3 Å². The highest BCUT2D eigenvalue weighted by Crippen LogP contribution is 2.34. The van der Waals surface area contributed by atoms with Gasteiger partial charge in [-0.3, -0.25) is 0 Å². The maximum Gasteiger partial charge on any atom is 0.0591 e. The van der Waals surface area contributed by atoms with Crippen LogP contribution in [-0.4, -0.2) is 7.05 Å². The molecule has 0 amide bonds. The second-order valence-corrected chi connectivity index (χ2v) is 6.73. The van der Waals surface area contributed by atoms with Crippen LogP contribution in [0.1, 0.15) is 17.2 Å². The summed E-state index contributed by atoms with van der Waals surface area (Å²) in [5.74, 6) is 0. The first kappa shape index (κ1) is 14.8. The lowest BCUT2D eigenvalue weighted by Crippen LogP contribution is -2.18. The molecular weight excluding hydrogens is 390 g/mol. The van der Waals surface area contributed by atoms with Gasteiger partial charge >= 0.3 is 0 Å². The standard InChI is InChI=1S/C18H15Br2N/c1-21-18(16-11-13(19)9-10-17(16)20)15-8-4-6-12-5-2-3-7-14(12)15/h2-11,18,21H,1H3. The van der Waals surface area contributed by atoms with Crippen LogP contribution < -0.4 is 5.32 Å². The molecule has 0 spiro atoms. The average molecular weight is 405 g/mol. The van der Waals surface area contributed by atoms with Crippen molar-refractivity contribution in [2.75, 3.05) is 7.05 Å². The lowest BCUT2D eigenvalue weighted by molar-refractivity contribution is 0.693. The van der Waals surface area contributed by atoms with Crippen LogP contribution in [0.5, 0.6) is 0 Å². The first-order chi connectivity index (χ1) is 10.2. The van der Waals surface area contributed by atoms with Gasteiger partial charge in [-0.25, -0.2) is 0 Å². The van der Waals surface area contributed by atoms with E-state index in [2.05, 4.69) is 91.8 Å². The molecule has 1 atom stereocenters. The van der Waals surface area contributed by atoms with Crippen molar-refractivity contribution in [1.82, 2.24) is 5.32 Å². The lowest BCUT2D eigenvalue weighted by atomic mass is 9.94. The summed E-state index contributed by atoms with van der Waals surface area (Å²) in [7, 11) is 2.00. The normalized spacial score (nSPS) is 12.5. The molecule has 3 heteroatoms. The summed E-state index contributed by atoms with van der Waals surface area (Å²) < 4.78 is 2.19. The fraction of sp³-hybridized carbons (Fsp3) is 0.111. The van der Waals surface area contributed by atoms with E-state index in [0.717, 1.165) is 8.95 Å². The van der Waals surface area contributed by atoms with Crippen LogP contribution in [0.15, 0.2) is 69.6 Å². The monoisotopic (exact) mass is 403 g/mol. The third-order valence-electron chi connectivity index (χ3n) is 3.69. The van der Waals surface area contributed by atoms with Crippen LogP contribution in [-0.2, 0) is 0 Å². The number of hydrogen-bond acceptors (Lipinski definition) is 1. The van der Waals surface area contributed by atoms with Crippen molar-refractivity contribution in [3.63, 3.8) is 0 Å². The number of fused-ring (bicyclic) bond motifs is 1. The summed E-state index contributed by atoms with van der Waals surface area (Å²) in [5.41, 5.74) is 2.51. The van der Waals surface area contributed by atoms with Gasteiger partial charge in [-0.15, -0.1) is 0 Å². The molecule has 21 heavy (non-hydrogen) atoms. The zero-order chi connectivity index (χ0) is 14.8. The summed E-state index contributed by atoms with van der Waals surface area (Å²) in [6.45, 7) is 0. The highest BCUT2D eigenvalue weighted by molar-refractivity contribution is 9.11. The Labute approximate surface area is 141 Å². The fourth-order valence-corrected chi connectivity index (χ4v) is 3.57. The van der Waals surface area contributed by atoms with E-state index >= 15 is 0 Å². The van der Waals surface area contributed by atoms with Gasteiger partial charge in [0.05, 0.1) is 6.04 Å². The van der Waals surface area contributed by atoms with E-state index in [4.69, 9.17) is 0 Å². The molecule has 0 heterocycles. The van der Waals surface area contributed by atoms with Crippen LogP contribution in [0.3, 0.4) is 0 Å². The van der Waals surface area contributed by atoms with Gasteiger partial charge in [-0.05, 0) is 47.1 Å². The van der Waals surface area contributed by atoms with E-state index in [9.17, 15) is 0 Å². The van der Waals surface area contributed by atoms with Crippen molar-refractivity contribution >= 4 is 42.6 Å². The van der Waals surface area contributed by atoms with Crippen molar-refractivity contribution < 1.29 is 0 Å². The van der Waals surface area contributed by atoms with E-state index in [1.165, 1.54) is 21.9 Å². The molecule has 0 saturated carbocycles. The van der Waals surface area contributed by atoms with Gasteiger partial charge in [0.15, 0.2) is 0 Å². The number of rotatable bonds is 3. The van der Waals surface area contributed by atoms with E-state index in [1.54, 1.807) is 0 Å². The molecule has 106 valence electrons. The SMILES string of the molecule is CNC(c1cc(Br)ccc1Br)c1cccc2ccccc12. The Morgan fingerprint density at radius 2 is 1.62 bits per heavy atom. The molecule has 3 aromatic carbocycles. The molecule has 1 nitrogen and oxygen atoms in total. The average Bonchev–Trinajstić information content (AvgIpc) is 2.51. The molecule has 0 fully saturated rings. The minimum atomic E-state index is 0.142. The lowest BCUT2D eigenvalue weighted by Gasteiger charge is -2.21. The summed E-state index contributed by atoms with van der Waals surface area (Å²) in [5, 5.41) is 5.99. The van der Waals surface area contributed by atoms with Gasteiger partial charge in [-0.2, -0.15) is 0 Å². The Morgan fingerprint density at radius 3 is 2.43 bits per heavy atom. The van der Waals surface area contributed by atoms with E-state index in [0.29, 0.717) is 0 Å². The fourth-order valence-electron chi connectivity index (χ4n) is 2.72. The highest BCUT2D eigenvalue weighted by atomic mass is 79.9. The molecule has 0 bridgehead atoms. The Hall–Kier alpha value is -1.16. The van der Waals surface area contributed by atoms with Crippen LogP contribution in [0.2, 0.25) is 0 Å². The molecule has 1 N–H and O–H groups in total. The topological polar surface area (TPSA) is 12.0 Å². The zero-order valence-corrected chi connectivity index (χ0v) is 14.8.